The summed E-state index contributed by atoms with van der Waals surface area (Å²) in [5, 5.41) is 7.88. The Morgan fingerprint density at radius 2 is 1.97 bits per heavy atom. The van der Waals surface area contributed by atoms with Crippen molar-refractivity contribution in [3.8, 4) is 11.5 Å². The van der Waals surface area contributed by atoms with Gasteiger partial charge >= 0.3 is 0 Å². The molecule has 6 heteroatoms. The lowest BCUT2D eigenvalue weighted by Gasteiger charge is -2.33. The van der Waals surface area contributed by atoms with Crippen LogP contribution in [-0.4, -0.2) is 50.8 Å². The van der Waals surface area contributed by atoms with Crippen LogP contribution in [0, 0.1) is 13.8 Å². The van der Waals surface area contributed by atoms with Gasteiger partial charge in [0.1, 0.15) is 5.56 Å². The highest BCUT2D eigenvalue weighted by Crippen LogP contribution is 2.23. The number of aromatic nitrogens is 3. The number of carbonyl (C=O) groups excluding carboxylic acids is 1. The summed E-state index contributed by atoms with van der Waals surface area (Å²) in [5.41, 5.74) is 3.46. The molecule has 6 nitrogen and oxygen atoms in total. The lowest BCUT2D eigenvalue weighted by molar-refractivity contribution is 0.0948. The molecule has 1 saturated heterocycles. The molecular weight excluding hydrogens is 386 g/mol. The summed E-state index contributed by atoms with van der Waals surface area (Å²) in [6, 6.07) is 12.8. The normalized spacial score (nSPS) is 17.1. The van der Waals surface area contributed by atoms with Crippen LogP contribution in [0.2, 0.25) is 0 Å². The molecule has 1 aliphatic rings. The van der Waals surface area contributed by atoms with Gasteiger partial charge in [0.2, 0.25) is 0 Å². The minimum atomic E-state index is -0.0632. The van der Waals surface area contributed by atoms with Gasteiger partial charge in [0, 0.05) is 31.5 Å². The number of amides is 1. The molecule has 0 unspecified atom stereocenters. The Morgan fingerprint density at radius 3 is 2.71 bits per heavy atom. The zero-order valence-corrected chi connectivity index (χ0v) is 18.8. The van der Waals surface area contributed by atoms with Crippen LogP contribution in [0.15, 0.2) is 48.8 Å². The fourth-order valence-electron chi connectivity index (χ4n) is 4.50. The van der Waals surface area contributed by atoms with E-state index in [2.05, 4.69) is 36.2 Å². The number of aryl methyl sites for hydroxylation is 2. The Kier molecular flexibility index (Phi) is 6.56. The summed E-state index contributed by atoms with van der Waals surface area (Å²) in [5.74, 6) is 0.710. The van der Waals surface area contributed by atoms with Gasteiger partial charge in [-0.1, -0.05) is 18.6 Å². The van der Waals surface area contributed by atoms with E-state index in [1.165, 1.54) is 25.8 Å². The number of carbonyl (C=O) groups is 1. The molecular formula is C25H33N5O. The average Bonchev–Trinajstić information content (AvgIpc) is 3.40. The molecule has 1 atom stereocenters. The summed E-state index contributed by atoms with van der Waals surface area (Å²) in [6.07, 6.45) is 8.77. The highest BCUT2D eigenvalue weighted by atomic mass is 16.1. The molecule has 0 spiro atoms. The van der Waals surface area contributed by atoms with E-state index in [0.29, 0.717) is 18.2 Å². The van der Waals surface area contributed by atoms with Crippen molar-refractivity contribution in [3.05, 3.63) is 65.6 Å². The molecule has 164 valence electrons. The molecule has 0 saturated carbocycles. The molecule has 3 heterocycles. The molecule has 1 aliphatic heterocycles. The molecule has 1 N–H and O–H groups in total. The predicted octanol–water partition coefficient (Wildman–Crippen LogP) is 4.27. The lowest BCUT2D eigenvalue weighted by atomic mass is 10.0. The minimum absolute atomic E-state index is 0.0632. The molecule has 0 radical (unpaired) electrons. The van der Waals surface area contributed by atoms with Crippen molar-refractivity contribution in [2.75, 3.05) is 19.6 Å². The molecule has 4 rings (SSSR count). The number of hydrogen-bond donors (Lipinski definition) is 1. The highest BCUT2D eigenvalue weighted by Gasteiger charge is 2.24. The minimum Gasteiger partial charge on any atom is -0.352 e. The van der Waals surface area contributed by atoms with Crippen molar-refractivity contribution in [1.29, 1.82) is 0 Å². The zero-order valence-electron chi connectivity index (χ0n) is 18.8. The first-order valence-electron chi connectivity index (χ1n) is 11.4. The third-order valence-corrected chi connectivity index (χ3v) is 6.21. The standard InChI is InChI=1S/C25H33N5O/c1-19-10-8-12-22(18-19)30-25(29-15-6-7-16-29)23(21(3)27-30)24(31)26-13-9-17-28-14-5-4-11-20(28)2/h6-8,10,12,15-16,18,20H,4-5,9,11,13-14,17H2,1-3H3,(H,26,31)/t20-/m1/s1. The maximum atomic E-state index is 13.2. The number of nitrogens with zero attached hydrogens (tertiary/aromatic N) is 4. The average molecular weight is 420 g/mol. The highest BCUT2D eigenvalue weighted by molar-refractivity contribution is 5.98. The Balaban J connectivity index is 1.53. The SMILES string of the molecule is Cc1cccc(-n2nc(C)c(C(=O)NCCCN3CCCC[C@H]3C)c2-n2cccc2)c1. The van der Waals surface area contributed by atoms with Crippen molar-refractivity contribution in [2.45, 2.75) is 52.5 Å². The van der Waals surface area contributed by atoms with Crippen LogP contribution >= 0.6 is 0 Å². The van der Waals surface area contributed by atoms with Crippen LogP contribution in [0.3, 0.4) is 0 Å². The third kappa shape index (κ3) is 4.74. The Bertz CT molecular complexity index is 1020. The van der Waals surface area contributed by atoms with E-state index in [-0.39, 0.29) is 5.91 Å². The topological polar surface area (TPSA) is 55.1 Å². The van der Waals surface area contributed by atoms with Crippen LogP contribution in [0.5, 0.6) is 0 Å². The number of rotatable bonds is 7. The van der Waals surface area contributed by atoms with E-state index < -0.39 is 0 Å². The molecule has 2 aromatic heterocycles. The van der Waals surface area contributed by atoms with Gasteiger partial charge in [0.05, 0.1) is 11.4 Å². The van der Waals surface area contributed by atoms with Crippen LogP contribution in [-0.2, 0) is 0 Å². The van der Waals surface area contributed by atoms with Gasteiger partial charge in [-0.15, -0.1) is 0 Å². The zero-order chi connectivity index (χ0) is 21.8. The first kappa shape index (κ1) is 21.4. The quantitative estimate of drug-likeness (QED) is 0.582. The van der Waals surface area contributed by atoms with Gasteiger partial charge in [0.15, 0.2) is 5.82 Å². The van der Waals surface area contributed by atoms with Gasteiger partial charge < -0.3 is 14.8 Å². The summed E-state index contributed by atoms with van der Waals surface area (Å²) >= 11 is 0. The summed E-state index contributed by atoms with van der Waals surface area (Å²) in [4.78, 5) is 15.8. The van der Waals surface area contributed by atoms with Crippen LogP contribution < -0.4 is 5.32 Å². The summed E-state index contributed by atoms with van der Waals surface area (Å²) in [6.45, 7) is 9.16. The van der Waals surface area contributed by atoms with E-state index in [0.717, 1.165) is 35.7 Å². The predicted molar refractivity (Wildman–Crippen MR) is 124 cm³/mol. The fraction of sp³-hybridized carbons (Fsp3) is 0.440. The van der Waals surface area contributed by atoms with Gasteiger partial charge in [0.25, 0.3) is 5.91 Å². The fourth-order valence-corrected chi connectivity index (χ4v) is 4.50. The molecule has 0 bridgehead atoms. The van der Waals surface area contributed by atoms with Crippen LogP contribution in [0.1, 0.15) is 54.2 Å². The number of piperidine rings is 1. The maximum Gasteiger partial charge on any atom is 0.256 e. The van der Waals surface area contributed by atoms with Crippen LogP contribution in [0.25, 0.3) is 11.5 Å². The van der Waals surface area contributed by atoms with Gasteiger partial charge in [-0.3, -0.25) is 4.79 Å². The van der Waals surface area contributed by atoms with Gasteiger partial charge in [-0.25, -0.2) is 4.68 Å². The van der Waals surface area contributed by atoms with Crippen molar-refractivity contribution < 1.29 is 4.79 Å². The molecule has 31 heavy (non-hydrogen) atoms. The molecule has 1 aromatic carbocycles. The number of hydrogen-bond acceptors (Lipinski definition) is 3. The van der Waals surface area contributed by atoms with E-state index in [1.807, 2.05) is 52.8 Å². The Hall–Kier alpha value is -2.86. The van der Waals surface area contributed by atoms with E-state index in [9.17, 15) is 4.79 Å². The largest absolute Gasteiger partial charge is 0.352 e. The van der Waals surface area contributed by atoms with Crippen LogP contribution in [0.4, 0.5) is 0 Å². The molecule has 3 aromatic rings. The number of nitrogens with one attached hydrogen (secondary N) is 1. The van der Waals surface area contributed by atoms with Crippen molar-refractivity contribution in [1.82, 2.24) is 24.6 Å². The first-order chi connectivity index (χ1) is 15.0. The summed E-state index contributed by atoms with van der Waals surface area (Å²) in [7, 11) is 0. The Morgan fingerprint density at radius 1 is 1.16 bits per heavy atom. The molecule has 1 fully saturated rings. The second kappa shape index (κ2) is 9.52. The lowest BCUT2D eigenvalue weighted by Crippen LogP contribution is -2.39. The maximum absolute atomic E-state index is 13.2. The van der Waals surface area contributed by atoms with Gasteiger partial charge in [-0.2, -0.15) is 5.10 Å². The van der Waals surface area contributed by atoms with E-state index in [1.54, 1.807) is 0 Å². The summed E-state index contributed by atoms with van der Waals surface area (Å²) < 4.78 is 3.83. The second-order valence-electron chi connectivity index (χ2n) is 8.62. The van der Waals surface area contributed by atoms with Gasteiger partial charge in [-0.05, 0) is 76.4 Å². The third-order valence-electron chi connectivity index (χ3n) is 6.21. The first-order valence-corrected chi connectivity index (χ1v) is 11.4. The molecule has 1 amide bonds. The second-order valence-corrected chi connectivity index (χ2v) is 8.62. The van der Waals surface area contributed by atoms with E-state index in [4.69, 9.17) is 5.10 Å². The van der Waals surface area contributed by atoms with Crippen molar-refractivity contribution >= 4 is 5.91 Å². The van der Waals surface area contributed by atoms with Crippen molar-refractivity contribution in [2.24, 2.45) is 0 Å². The van der Waals surface area contributed by atoms with Crippen molar-refractivity contribution in [3.63, 3.8) is 0 Å². The molecule has 0 aliphatic carbocycles. The number of benzene rings is 1. The monoisotopic (exact) mass is 419 g/mol. The smallest absolute Gasteiger partial charge is 0.256 e. The van der Waals surface area contributed by atoms with E-state index >= 15 is 0 Å². The number of likely N-dealkylation sites (tertiary alicyclic amines) is 1. The Labute approximate surface area is 184 Å².